The van der Waals surface area contributed by atoms with Crippen LogP contribution in [0.15, 0.2) is 23.6 Å². The van der Waals surface area contributed by atoms with Crippen LogP contribution in [-0.2, 0) is 9.59 Å². The molecular weight excluding hydrogens is 259 g/mol. The minimum absolute atomic E-state index is 0.0461. The number of nitrogens with one attached hydrogen (secondary N) is 1. The van der Waals surface area contributed by atoms with E-state index >= 15 is 0 Å². The van der Waals surface area contributed by atoms with Crippen molar-refractivity contribution in [3.63, 3.8) is 0 Å². The smallest absolute Gasteiger partial charge is 0.254 e. The summed E-state index contributed by atoms with van der Waals surface area (Å²) < 4.78 is 13.8. The molecule has 0 saturated carbocycles. The summed E-state index contributed by atoms with van der Waals surface area (Å²) >= 11 is 0. The van der Waals surface area contributed by atoms with Gasteiger partial charge in [0.25, 0.3) is 5.91 Å². The van der Waals surface area contributed by atoms with Gasteiger partial charge in [-0.2, -0.15) is 0 Å². The second kappa shape index (κ2) is 6.20. The minimum Gasteiger partial charge on any atom is -0.343 e. The molecule has 1 saturated heterocycles. The Hall–Kier alpha value is -1.65. The van der Waals surface area contributed by atoms with E-state index < -0.39 is 11.7 Å². The maximum atomic E-state index is 13.8. The Morgan fingerprint density at radius 2 is 1.85 bits per heavy atom. The Bertz CT molecular complexity index is 464. The molecule has 0 aromatic rings. The molecule has 2 atom stereocenters. The third-order valence-electron chi connectivity index (χ3n) is 4.03. The zero-order chi connectivity index (χ0) is 14.7. The van der Waals surface area contributed by atoms with Gasteiger partial charge in [0.05, 0.1) is 12.1 Å². The zero-order valence-corrected chi connectivity index (χ0v) is 12.0. The van der Waals surface area contributed by atoms with Crippen molar-refractivity contribution in [2.24, 2.45) is 11.8 Å². The van der Waals surface area contributed by atoms with Crippen LogP contribution in [0, 0.1) is 11.8 Å². The second-order valence-electron chi connectivity index (χ2n) is 5.58. The monoisotopic (exact) mass is 280 g/mol. The molecule has 2 aliphatic rings. The zero-order valence-electron chi connectivity index (χ0n) is 12.0. The Balaban J connectivity index is 1.90. The summed E-state index contributed by atoms with van der Waals surface area (Å²) in [5.74, 6) is -0.910. The third-order valence-corrected chi connectivity index (χ3v) is 4.03. The summed E-state index contributed by atoms with van der Waals surface area (Å²) in [6, 6.07) is 0. The van der Waals surface area contributed by atoms with E-state index in [9.17, 15) is 14.0 Å². The summed E-state index contributed by atoms with van der Waals surface area (Å²) in [6.45, 7) is 5.29. The molecule has 1 heterocycles. The molecule has 4 nitrogen and oxygen atoms in total. The second-order valence-corrected chi connectivity index (χ2v) is 5.58. The fourth-order valence-electron chi connectivity index (χ4n) is 2.48. The molecule has 1 N–H and O–H groups in total. The highest BCUT2D eigenvalue weighted by atomic mass is 19.1. The molecule has 1 aliphatic heterocycles. The van der Waals surface area contributed by atoms with Gasteiger partial charge < -0.3 is 10.2 Å². The van der Waals surface area contributed by atoms with Gasteiger partial charge in [-0.15, -0.1) is 0 Å². The number of hydrogen-bond donors (Lipinski definition) is 1. The third kappa shape index (κ3) is 3.26. The number of halogens is 1. The predicted octanol–water partition coefficient (Wildman–Crippen LogP) is 1.79. The van der Waals surface area contributed by atoms with Crippen LogP contribution in [0.4, 0.5) is 4.39 Å². The lowest BCUT2D eigenvalue weighted by Crippen LogP contribution is -2.39. The quantitative estimate of drug-likeness (QED) is 0.857. The number of allylic oxidation sites excluding steroid dienone is 2. The molecule has 0 bridgehead atoms. The van der Waals surface area contributed by atoms with E-state index in [-0.39, 0.29) is 29.9 Å². The first-order chi connectivity index (χ1) is 9.49. The summed E-state index contributed by atoms with van der Waals surface area (Å²) in [5.41, 5.74) is 0.0461. The Morgan fingerprint density at radius 3 is 2.50 bits per heavy atom. The van der Waals surface area contributed by atoms with E-state index in [0.717, 1.165) is 25.9 Å². The van der Waals surface area contributed by atoms with Crippen LogP contribution in [0.25, 0.3) is 0 Å². The van der Waals surface area contributed by atoms with E-state index in [1.54, 1.807) is 11.0 Å². The number of hydrogen-bond acceptors (Lipinski definition) is 2. The van der Waals surface area contributed by atoms with Crippen LogP contribution in [-0.4, -0.2) is 36.3 Å². The SMILES string of the molecule is CC1C=C(F)C(C(=O)NCC(=O)N2CCCC2)=CC1C. The topological polar surface area (TPSA) is 49.4 Å². The number of nitrogens with zero attached hydrogens (tertiary/aromatic N) is 1. The summed E-state index contributed by atoms with van der Waals surface area (Å²) in [7, 11) is 0. The van der Waals surface area contributed by atoms with E-state index in [1.807, 2.05) is 13.8 Å². The Kier molecular flexibility index (Phi) is 4.57. The highest BCUT2D eigenvalue weighted by Gasteiger charge is 2.24. The van der Waals surface area contributed by atoms with E-state index in [0.29, 0.717) is 0 Å². The standard InChI is InChI=1S/C15H21FN2O2/c1-10-7-12(13(16)8-11(10)2)15(20)17-9-14(19)18-5-3-4-6-18/h7-8,10-11H,3-6,9H2,1-2H3,(H,17,20). The Labute approximate surface area is 118 Å². The van der Waals surface area contributed by atoms with Crippen molar-refractivity contribution in [2.75, 3.05) is 19.6 Å². The molecule has 0 spiro atoms. The van der Waals surface area contributed by atoms with Gasteiger partial charge in [-0.1, -0.05) is 19.9 Å². The van der Waals surface area contributed by atoms with Crippen molar-refractivity contribution in [2.45, 2.75) is 26.7 Å². The van der Waals surface area contributed by atoms with Crippen molar-refractivity contribution in [1.82, 2.24) is 10.2 Å². The molecular formula is C15H21FN2O2. The molecule has 2 unspecified atom stereocenters. The lowest BCUT2D eigenvalue weighted by atomic mass is 9.88. The maximum Gasteiger partial charge on any atom is 0.254 e. The summed E-state index contributed by atoms with van der Waals surface area (Å²) in [4.78, 5) is 25.5. The van der Waals surface area contributed by atoms with Crippen LogP contribution < -0.4 is 5.32 Å². The van der Waals surface area contributed by atoms with Crippen molar-refractivity contribution in [3.05, 3.63) is 23.6 Å². The molecule has 1 fully saturated rings. The highest BCUT2D eigenvalue weighted by Crippen LogP contribution is 2.28. The molecule has 5 heteroatoms. The normalized spacial score (nSPS) is 26.1. The van der Waals surface area contributed by atoms with Crippen LogP contribution in [0.1, 0.15) is 26.7 Å². The molecule has 0 aromatic heterocycles. The number of amides is 2. The van der Waals surface area contributed by atoms with Gasteiger partial charge in [-0.3, -0.25) is 9.59 Å². The first-order valence-electron chi connectivity index (χ1n) is 7.14. The van der Waals surface area contributed by atoms with Gasteiger partial charge in [0.15, 0.2) is 0 Å². The van der Waals surface area contributed by atoms with Crippen molar-refractivity contribution in [3.8, 4) is 0 Å². The number of likely N-dealkylation sites (tertiary alicyclic amines) is 1. The minimum atomic E-state index is -0.509. The van der Waals surface area contributed by atoms with Crippen molar-refractivity contribution in [1.29, 1.82) is 0 Å². The van der Waals surface area contributed by atoms with E-state index in [1.165, 1.54) is 6.08 Å². The van der Waals surface area contributed by atoms with Gasteiger partial charge in [0.2, 0.25) is 5.91 Å². The maximum absolute atomic E-state index is 13.8. The average molecular weight is 280 g/mol. The summed E-state index contributed by atoms with van der Waals surface area (Å²) in [6.07, 6.45) is 5.12. The van der Waals surface area contributed by atoms with Crippen LogP contribution in [0.2, 0.25) is 0 Å². The van der Waals surface area contributed by atoms with Crippen LogP contribution >= 0.6 is 0 Å². The number of rotatable bonds is 3. The first-order valence-corrected chi connectivity index (χ1v) is 7.14. The van der Waals surface area contributed by atoms with Gasteiger partial charge in [0, 0.05) is 13.1 Å². The number of carbonyl (C=O) groups excluding carboxylic acids is 2. The molecule has 0 aromatic carbocycles. The molecule has 1 aliphatic carbocycles. The lowest BCUT2D eigenvalue weighted by Gasteiger charge is -2.20. The fraction of sp³-hybridized carbons (Fsp3) is 0.600. The fourth-order valence-corrected chi connectivity index (χ4v) is 2.48. The average Bonchev–Trinajstić information content (AvgIpc) is 2.94. The van der Waals surface area contributed by atoms with Gasteiger partial charge in [0.1, 0.15) is 5.83 Å². The van der Waals surface area contributed by atoms with Gasteiger partial charge in [-0.05, 0) is 30.8 Å². The predicted molar refractivity (Wildman–Crippen MR) is 74.4 cm³/mol. The van der Waals surface area contributed by atoms with Crippen LogP contribution in [0.5, 0.6) is 0 Å². The Morgan fingerprint density at radius 1 is 1.25 bits per heavy atom. The summed E-state index contributed by atoms with van der Waals surface area (Å²) in [5, 5.41) is 2.52. The largest absolute Gasteiger partial charge is 0.343 e. The molecule has 2 rings (SSSR count). The van der Waals surface area contributed by atoms with Crippen LogP contribution in [0.3, 0.4) is 0 Å². The lowest BCUT2D eigenvalue weighted by molar-refractivity contribution is -0.131. The van der Waals surface area contributed by atoms with E-state index in [4.69, 9.17) is 0 Å². The van der Waals surface area contributed by atoms with E-state index in [2.05, 4.69) is 5.32 Å². The van der Waals surface area contributed by atoms with Crippen molar-refractivity contribution >= 4 is 11.8 Å². The molecule has 20 heavy (non-hydrogen) atoms. The molecule has 0 radical (unpaired) electrons. The highest BCUT2D eigenvalue weighted by molar-refractivity contribution is 5.99. The number of carbonyl (C=O) groups is 2. The first kappa shape index (κ1) is 14.8. The van der Waals surface area contributed by atoms with Crippen molar-refractivity contribution < 1.29 is 14.0 Å². The molecule has 2 amide bonds. The van der Waals surface area contributed by atoms with Gasteiger partial charge in [-0.25, -0.2) is 4.39 Å². The molecule has 110 valence electrons. The van der Waals surface area contributed by atoms with Gasteiger partial charge >= 0.3 is 0 Å².